The highest BCUT2D eigenvalue weighted by Crippen LogP contribution is 2.31. The van der Waals surface area contributed by atoms with Gasteiger partial charge in [-0.2, -0.15) is 17.7 Å². The lowest BCUT2D eigenvalue weighted by atomic mass is 9.12. The Balaban J connectivity index is 0.000000279. The van der Waals surface area contributed by atoms with Crippen molar-refractivity contribution in [2.24, 2.45) is 0 Å². The first-order valence-electron chi connectivity index (χ1n) is 17.8. The number of halogens is 23. The third kappa shape index (κ3) is 7.75. The number of hydrogen-bond acceptors (Lipinski definition) is 0. The lowest BCUT2D eigenvalue weighted by Gasteiger charge is -2.44. The van der Waals surface area contributed by atoms with Gasteiger partial charge >= 0.3 is 6.08 Å². The van der Waals surface area contributed by atoms with Gasteiger partial charge in [-0.3, -0.25) is 0 Å². The molecule has 0 unspecified atom stereocenters. The minimum atomic E-state index is -7.22. The van der Waals surface area contributed by atoms with Crippen molar-refractivity contribution in [3.8, 4) is 0 Å². The van der Waals surface area contributed by atoms with Crippen LogP contribution >= 0.6 is 0 Å². The van der Waals surface area contributed by atoms with Crippen molar-refractivity contribution >= 4 is 44.7 Å². The summed E-state index contributed by atoms with van der Waals surface area (Å²) in [6.45, 7) is 0.318. The molecule has 0 saturated heterocycles. The molecule has 25 heteroatoms. The fourth-order valence-corrected chi connectivity index (χ4v) is 7.36. The molecule has 0 amide bonds. The largest absolute Gasteiger partial charge is 0.312 e. The van der Waals surface area contributed by atoms with Gasteiger partial charge in [0.1, 0.15) is 52.7 Å². The molecule has 0 bridgehead atoms. The monoisotopic (exact) mass is 979 g/mol. The number of hydrogen-bond donors (Lipinski definition) is 0. The van der Waals surface area contributed by atoms with E-state index >= 15 is 35.1 Å². The quantitative estimate of drug-likeness (QED) is 0.0493. The third-order valence-corrected chi connectivity index (χ3v) is 10.2. The van der Waals surface area contributed by atoms with Crippen LogP contribution in [0.1, 0.15) is 11.3 Å². The zero-order valence-corrected chi connectivity index (χ0v) is 31.8. The summed E-state index contributed by atoms with van der Waals surface area (Å²) in [6.07, 6.45) is -9.53. The summed E-state index contributed by atoms with van der Waals surface area (Å²) in [7, 11) is 0. The van der Waals surface area contributed by atoms with Gasteiger partial charge in [-0.25, -0.2) is 87.8 Å². The van der Waals surface area contributed by atoms with E-state index in [0.29, 0.717) is 12.1 Å². The van der Waals surface area contributed by atoms with Crippen LogP contribution in [0.25, 0.3) is 16.7 Å². The van der Waals surface area contributed by atoms with Gasteiger partial charge in [-0.1, -0.05) is 42.5 Å². The summed E-state index contributed by atoms with van der Waals surface area (Å²) in [5.74, 6) is -72.9. The minimum absolute atomic E-state index is 0.123. The van der Waals surface area contributed by atoms with Crippen LogP contribution in [0.5, 0.6) is 0 Å². The number of benzene rings is 6. The van der Waals surface area contributed by atoms with Crippen LogP contribution < -0.4 is 26.4 Å². The van der Waals surface area contributed by atoms with Crippen molar-refractivity contribution in [1.82, 2.24) is 0 Å². The van der Waals surface area contributed by atoms with Crippen molar-refractivity contribution in [2.45, 2.75) is 6.54 Å². The molecule has 67 heavy (non-hydrogen) atoms. The molecule has 350 valence electrons. The second-order valence-corrected chi connectivity index (χ2v) is 13.7. The molecule has 0 atom stereocenters. The SMILES string of the molecule is FC(F)=C(F)c1ccc2ccccc2[n+]1Cc1ccccc1.Fc1c(F)c(F)c([B-](c2c(F)c(F)c(F)c(F)c2F)(c2c(F)c(F)c(F)c(F)c2F)c2c(F)c(F)c(F)c(F)c2F)c(F)c1F. The van der Waals surface area contributed by atoms with Gasteiger partial charge in [0.25, 0.3) is 5.83 Å². The highest BCUT2D eigenvalue weighted by Gasteiger charge is 2.52. The molecule has 0 aliphatic rings. The minimum Gasteiger partial charge on any atom is -0.207 e. The second-order valence-electron chi connectivity index (χ2n) is 13.7. The van der Waals surface area contributed by atoms with E-state index in [-0.39, 0.29) is 5.69 Å². The molecule has 0 fully saturated rings. The van der Waals surface area contributed by atoms with E-state index in [2.05, 4.69) is 0 Å². The van der Waals surface area contributed by atoms with Crippen LogP contribution in [0.3, 0.4) is 0 Å². The van der Waals surface area contributed by atoms with Crippen LogP contribution in [0, 0.1) is 116 Å². The lowest BCUT2D eigenvalue weighted by Crippen LogP contribution is -2.81. The van der Waals surface area contributed by atoms with Crippen molar-refractivity contribution in [1.29, 1.82) is 0 Å². The normalized spacial score (nSPS) is 11.6. The summed E-state index contributed by atoms with van der Waals surface area (Å²) >= 11 is 0. The van der Waals surface area contributed by atoms with Crippen LogP contribution in [0.15, 0.2) is 72.8 Å². The van der Waals surface area contributed by atoms with Crippen molar-refractivity contribution in [2.75, 3.05) is 0 Å². The van der Waals surface area contributed by atoms with Crippen LogP contribution in [-0.2, 0) is 6.54 Å². The highest BCUT2D eigenvalue weighted by atomic mass is 19.3. The first kappa shape index (κ1) is 49.4. The lowest BCUT2D eigenvalue weighted by molar-refractivity contribution is -0.665. The van der Waals surface area contributed by atoms with E-state index in [1.807, 2.05) is 42.5 Å². The number of para-hydroxylation sites is 1. The Hall–Kier alpha value is -7.08. The Morgan fingerprint density at radius 3 is 0.925 bits per heavy atom. The standard InChI is InChI=1S/C24BF20.C18H13F3N/c26-5-1(6(27)14(35)21(42)13(5)34)25(2-7(28)15(36)22(43)16(37)8(2)29,3-9(30)17(38)23(44)18(39)10(3)31)4-11(32)19(40)24(45)20(41)12(4)33;19-17(18(20)21)16-11-10-14-8-4-5-9-15(14)22(16)12-13-6-2-1-3-7-13/h;1-11H,12H2/q-1;+1. The Kier molecular flexibility index (Phi) is 13.5. The molecule has 0 saturated carbocycles. The van der Waals surface area contributed by atoms with Crippen molar-refractivity contribution < 1.29 is 106 Å². The molecule has 0 radical (unpaired) electrons. The number of aromatic nitrogens is 1. The maximum Gasteiger partial charge on any atom is 0.312 e. The van der Waals surface area contributed by atoms with Crippen LogP contribution in [0.2, 0.25) is 0 Å². The number of rotatable bonds is 7. The van der Waals surface area contributed by atoms with Gasteiger partial charge in [0.2, 0.25) is 11.2 Å². The molecular formula is C42H13BF23N. The summed E-state index contributed by atoms with van der Waals surface area (Å²) < 4.78 is 335. The molecule has 7 aromatic rings. The molecule has 7 rings (SSSR count). The fraction of sp³-hybridized carbons (Fsp3) is 0.0238. The third-order valence-electron chi connectivity index (χ3n) is 10.2. The first-order valence-corrected chi connectivity index (χ1v) is 17.8. The van der Waals surface area contributed by atoms with Gasteiger partial charge < -0.3 is 0 Å². The van der Waals surface area contributed by atoms with E-state index in [1.165, 1.54) is 6.07 Å². The van der Waals surface area contributed by atoms with E-state index in [4.69, 9.17) is 0 Å². The smallest absolute Gasteiger partial charge is 0.207 e. The van der Waals surface area contributed by atoms with Gasteiger partial charge in [0.15, 0.2) is 76.4 Å². The number of fused-ring (bicyclic) bond motifs is 1. The average molecular weight is 979 g/mol. The Labute approximate surface area is 357 Å². The highest BCUT2D eigenvalue weighted by molar-refractivity contribution is 7.20. The second kappa shape index (κ2) is 18.3. The van der Waals surface area contributed by atoms with Gasteiger partial charge in [0, 0.05) is 23.1 Å². The van der Waals surface area contributed by atoms with E-state index in [1.54, 1.807) is 22.8 Å². The maximum absolute atomic E-state index is 15.4. The van der Waals surface area contributed by atoms with Crippen LogP contribution in [-0.4, -0.2) is 6.15 Å². The summed E-state index contributed by atoms with van der Waals surface area (Å²) in [6, 6.07) is 19.7. The van der Waals surface area contributed by atoms with Crippen LogP contribution in [0.4, 0.5) is 101 Å². The summed E-state index contributed by atoms with van der Waals surface area (Å²) in [4.78, 5) is 0. The van der Waals surface area contributed by atoms with Gasteiger partial charge in [-0.15, -0.1) is 21.9 Å². The van der Waals surface area contributed by atoms with Crippen molar-refractivity contribution in [3.05, 3.63) is 200 Å². The molecule has 0 aliphatic heterocycles. The predicted molar refractivity (Wildman–Crippen MR) is 189 cm³/mol. The van der Waals surface area contributed by atoms with E-state index < -0.39 is 156 Å². The maximum atomic E-state index is 15.4. The van der Waals surface area contributed by atoms with Gasteiger partial charge in [-0.05, 0) is 12.1 Å². The molecule has 6 aromatic carbocycles. The molecule has 0 aliphatic carbocycles. The average Bonchev–Trinajstić information content (AvgIpc) is 3.31. The van der Waals surface area contributed by atoms with E-state index in [9.17, 15) is 65.9 Å². The summed E-state index contributed by atoms with van der Waals surface area (Å²) in [5, 5.41) is 0.870. The molecular weight excluding hydrogens is 966 g/mol. The predicted octanol–water partition coefficient (Wildman–Crippen LogP) is 10.6. The Bertz CT molecular complexity index is 2810. The van der Waals surface area contributed by atoms with Gasteiger partial charge in [0.05, 0.1) is 0 Å². The number of nitrogens with zero attached hydrogens (tertiary/aromatic N) is 1. The zero-order chi connectivity index (χ0) is 49.9. The summed E-state index contributed by atoms with van der Waals surface area (Å²) in [5.41, 5.74) is -12.8. The molecule has 1 aromatic heterocycles. The Morgan fingerprint density at radius 2 is 0.612 bits per heavy atom. The molecule has 1 heterocycles. The van der Waals surface area contributed by atoms with Crippen molar-refractivity contribution in [3.63, 3.8) is 0 Å². The zero-order valence-electron chi connectivity index (χ0n) is 31.8. The van der Waals surface area contributed by atoms with E-state index in [0.717, 1.165) is 10.9 Å². The first-order chi connectivity index (χ1) is 31.4. The number of pyridine rings is 1. The molecule has 0 spiro atoms. The fourth-order valence-electron chi connectivity index (χ4n) is 7.36. The molecule has 0 N–H and O–H groups in total. The Morgan fingerprint density at radius 1 is 0.328 bits per heavy atom. The topological polar surface area (TPSA) is 3.88 Å². The molecule has 1 nitrogen and oxygen atoms in total.